The second kappa shape index (κ2) is 11.9. The third-order valence-electron chi connectivity index (χ3n) is 6.33. The fraction of sp³-hybridized carbons (Fsp3) is 0.333. The zero-order valence-corrected chi connectivity index (χ0v) is 21.0. The van der Waals surface area contributed by atoms with Gasteiger partial charge in [-0.25, -0.2) is 0 Å². The fourth-order valence-electron chi connectivity index (χ4n) is 4.56. The Morgan fingerprint density at radius 1 is 0.943 bits per heavy atom. The average Bonchev–Trinajstić information content (AvgIpc) is 3.42. The highest BCUT2D eigenvalue weighted by Crippen LogP contribution is 2.30. The molecule has 0 unspecified atom stereocenters. The predicted molar refractivity (Wildman–Crippen MR) is 140 cm³/mol. The van der Waals surface area contributed by atoms with E-state index in [0.29, 0.717) is 5.75 Å². The summed E-state index contributed by atoms with van der Waals surface area (Å²) in [5.41, 5.74) is 2.05. The van der Waals surface area contributed by atoms with Crippen LogP contribution in [0.2, 0.25) is 0 Å². The molecule has 1 saturated heterocycles. The standard InChI is InChI=1S/C27H32N4O3S/c1-20(29-27(33)26(32)28-19-21-9-6-7-12-23(21)34-2)25(24-13-8-18-35-24)31-16-14-30(15-17-31)22-10-4-3-5-11-22/h3-13,18,20,25H,14-17,19H2,1-2H3,(H,28,32)(H,29,33)/t20-,25+/m0/s1. The first-order chi connectivity index (χ1) is 17.1. The van der Waals surface area contributed by atoms with Crippen molar-refractivity contribution in [3.05, 3.63) is 82.6 Å². The quantitative estimate of drug-likeness (QED) is 0.472. The van der Waals surface area contributed by atoms with Crippen LogP contribution in [0.15, 0.2) is 72.1 Å². The van der Waals surface area contributed by atoms with Gasteiger partial charge in [-0.3, -0.25) is 14.5 Å². The number of nitrogens with one attached hydrogen (secondary N) is 2. The van der Waals surface area contributed by atoms with Crippen molar-refractivity contribution in [2.45, 2.75) is 25.6 Å². The van der Waals surface area contributed by atoms with Crippen LogP contribution in [-0.4, -0.2) is 56.0 Å². The van der Waals surface area contributed by atoms with Crippen LogP contribution in [-0.2, 0) is 16.1 Å². The lowest BCUT2D eigenvalue weighted by atomic mass is 10.0. The Balaban J connectivity index is 1.37. The van der Waals surface area contributed by atoms with Crippen LogP contribution in [0, 0.1) is 0 Å². The van der Waals surface area contributed by atoms with E-state index in [2.05, 4.69) is 56.1 Å². The van der Waals surface area contributed by atoms with Gasteiger partial charge in [0, 0.05) is 54.9 Å². The second-order valence-electron chi connectivity index (χ2n) is 8.58. The summed E-state index contributed by atoms with van der Waals surface area (Å²) >= 11 is 1.68. The average molecular weight is 493 g/mol. The molecule has 4 rings (SSSR count). The van der Waals surface area contributed by atoms with E-state index in [9.17, 15) is 9.59 Å². The lowest BCUT2D eigenvalue weighted by molar-refractivity contribution is -0.140. The number of nitrogens with zero attached hydrogens (tertiary/aromatic N) is 2. The van der Waals surface area contributed by atoms with E-state index in [1.54, 1.807) is 18.4 Å². The highest BCUT2D eigenvalue weighted by atomic mass is 32.1. The Labute approximate surface area is 210 Å². The number of carbonyl (C=O) groups excluding carboxylic acids is 2. The number of amides is 2. The maximum absolute atomic E-state index is 12.7. The van der Waals surface area contributed by atoms with Gasteiger partial charge in [-0.1, -0.05) is 42.5 Å². The molecule has 2 aromatic carbocycles. The summed E-state index contributed by atoms with van der Waals surface area (Å²) in [5.74, 6) is -0.604. The molecule has 0 bridgehead atoms. The van der Waals surface area contributed by atoms with Crippen molar-refractivity contribution in [3.8, 4) is 5.75 Å². The molecule has 2 amide bonds. The first kappa shape index (κ1) is 24.8. The minimum Gasteiger partial charge on any atom is -0.496 e. The number of hydrogen-bond acceptors (Lipinski definition) is 6. The molecule has 0 saturated carbocycles. The summed E-state index contributed by atoms with van der Waals surface area (Å²) in [4.78, 5) is 31.3. The van der Waals surface area contributed by atoms with Crippen LogP contribution >= 0.6 is 11.3 Å². The van der Waals surface area contributed by atoms with Crippen LogP contribution < -0.4 is 20.3 Å². The largest absolute Gasteiger partial charge is 0.496 e. The number of methoxy groups -OCH3 is 1. The zero-order chi connectivity index (χ0) is 24.6. The molecule has 2 atom stereocenters. The molecule has 1 fully saturated rings. The molecule has 7 nitrogen and oxygen atoms in total. The number of rotatable bonds is 8. The van der Waals surface area contributed by atoms with Gasteiger partial charge in [0.25, 0.3) is 0 Å². The van der Waals surface area contributed by atoms with Crippen molar-refractivity contribution in [3.63, 3.8) is 0 Å². The number of anilines is 1. The molecular formula is C27H32N4O3S. The van der Waals surface area contributed by atoms with Crippen LogP contribution in [0.3, 0.4) is 0 Å². The Bertz CT molecular complexity index is 1100. The summed E-state index contributed by atoms with van der Waals surface area (Å²) in [6.07, 6.45) is 0. The molecule has 1 aliphatic heterocycles. The molecule has 0 radical (unpaired) electrons. The number of piperazine rings is 1. The van der Waals surface area contributed by atoms with Crippen molar-refractivity contribution in [2.24, 2.45) is 0 Å². The highest BCUT2D eigenvalue weighted by molar-refractivity contribution is 7.10. The summed E-state index contributed by atoms with van der Waals surface area (Å²) in [7, 11) is 1.58. The van der Waals surface area contributed by atoms with E-state index < -0.39 is 11.8 Å². The predicted octanol–water partition coefficient (Wildman–Crippen LogP) is 3.44. The Morgan fingerprint density at radius 3 is 2.34 bits per heavy atom. The van der Waals surface area contributed by atoms with E-state index in [0.717, 1.165) is 31.7 Å². The second-order valence-corrected chi connectivity index (χ2v) is 9.55. The SMILES string of the molecule is COc1ccccc1CNC(=O)C(=O)N[C@@H](C)[C@H](c1cccs1)N1CCN(c2ccccc2)CC1. The van der Waals surface area contributed by atoms with Gasteiger partial charge in [-0.15, -0.1) is 11.3 Å². The normalized spacial score (nSPS) is 15.8. The lowest BCUT2D eigenvalue weighted by Crippen LogP contribution is -2.53. The topological polar surface area (TPSA) is 73.9 Å². The number of carbonyl (C=O) groups is 2. The molecule has 35 heavy (non-hydrogen) atoms. The molecule has 0 aliphatic carbocycles. The number of benzene rings is 2. The van der Waals surface area contributed by atoms with Crippen LogP contribution in [0.1, 0.15) is 23.4 Å². The highest BCUT2D eigenvalue weighted by Gasteiger charge is 2.32. The minimum absolute atomic E-state index is 0.00103. The van der Waals surface area contributed by atoms with E-state index >= 15 is 0 Å². The van der Waals surface area contributed by atoms with Crippen molar-refractivity contribution in [2.75, 3.05) is 38.2 Å². The van der Waals surface area contributed by atoms with Gasteiger partial charge in [-0.2, -0.15) is 0 Å². The minimum atomic E-state index is -0.651. The van der Waals surface area contributed by atoms with Crippen molar-refractivity contribution in [1.82, 2.24) is 15.5 Å². The van der Waals surface area contributed by atoms with E-state index in [4.69, 9.17) is 4.74 Å². The van der Waals surface area contributed by atoms with Gasteiger partial charge in [-0.05, 0) is 36.6 Å². The lowest BCUT2D eigenvalue weighted by Gasteiger charge is -2.42. The molecule has 0 spiro atoms. The van der Waals surface area contributed by atoms with Crippen molar-refractivity contribution in [1.29, 1.82) is 0 Å². The van der Waals surface area contributed by atoms with Crippen molar-refractivity contribution >= 4 is 28.8 Å². The summed E-state index contributed by atoms with van der Waals surface area (Å²) in [6.45, 7) is 5.76. The van der Waals surface area contributed by atoms with Gasteiger partial charge in [0.1, 0.15) is 5.75 Å². The van der Waals surface area contributed by atoms with Crippen LogP contribution in [0.5, 0.6) is 5.75 Å². The molecule has 2 N–H and O–H groups in total. The maximum Gasteiger partial charge on any atom is 0.309 e. The maximum atomic E-state index is 12.7. The van der Waals surface area contributed by atoms with Crippen LogP contribution in [0.25, 0.3) is 0 Å². The van der Waals surface area contributed by atoms with Gasteiger partial charge in [0.05, 0.1) is 13.2 Å². The van der Waals surface area contributed by atoms with E-state index in [-0.39, 0.29) is 18.6 Å². The Hall–Kier alpha value is -3.36. The Morgan fingerprint density at radius 2 is 1.66 bits per heavy atom. The fourth-order valence-corrected chi connectivity index (χ4v) is 5.52. The summed E-state index contributed by atoms with van der Waals surface area (Å²) < 4.78 is 5.32. The summed E-state index contributed by atoms with van der Waals surface area (Å²) in [5, 5.41) is 7.70. The number of hydrogen-bond donors (Lipinski definition) is 2. The molecule has 8 heteroatoms. The van der Waals surface area contributed by atoms with Gasteiger partial charge >= 0.3 is 11.8 Å². The molecular weight excluding hydrogens is 460 g/mol. The smallest absolute Gasteiger partial charge is 0.309 e. The van der Waals surface area contributed by atoms with E-state index in [1.807, 2.05) is 43.3 Å². The van der Waals surface area contributed by atoms with Crippen molar-refractivity contribution < 1.29 is 14.3 Å². The number of thiophene rings is 1. The number of ether oxygens (including phenoxy) is 1. The van der Waals surface area contributed by atoms with Gasteiger partial charge in [0.2, 0.25) is 0 Å². The third-order valence-corrected chi connectivity index (χ3v) is 7.28. The third kappa shape index (κ3) is 6.21. The molecule has 1 aromatic heterocycles. The monoisotopic (exact) mass is 492 g/mol. The van der Waals surface area contributed by atoms with Crippen LogP contribution in [0.4, 0.5) is 5.69 Å². The zero-order valence-electron chi connectivity index (χ0n) is 20.1. The molecule has 2 heterocycles. The van der Waals surface area contributed by atoms with E-state index in [1.165, 1.54) is 10.6 Å². The van der Waals surface area contributed by atoms with Gasteiger partial charge in [0.15, 0.2) is 0 Å². The first-order valence-corrected chi connectivity index (χ1v) is 12.7. The first-order valence-electron chi connectivity index (χ1n) is 11.8. The molecule has 1 aliphatic rings. The number of para-hydroxylation sites is 2. The van der Waals surface area contributed by atoms with Gasteiger partial charge < -0.3 is 20.3 Å². The summed E-state index contributed by atoms with van der Waals surface area (Å²) in [6, 6.07) is 21.7. The molecule has 3 aromatic rings. The Kier molecular flexibility index (Phi) is 8.39. The molecule has 184 valence electrons.